The fraction of sp³-hybridized carbons (Fsp3) is 0.500. The number of esters is 1. The van der Waals surface area contributed by atoms with E-state index in [0.29, 0.717) is 6.42 Å². The van der Waals surface area contributed by atoms with E-state index < -0.39 is 24.0 Å². The lowest BCUT2D eigenvalue weighted by Crippen LogP contribution is -2.46. The Morgan fingerprint density at radius 3 is 2.48 bits per heavy atom. The van der Waals surface area contributed by atoms with Gasteiger partial charge < -0.3 is 10.1 Å². The topological polar surface area (TPSA) is 104 Å². The first-order chi connectivity index (χ1) is 11.0. The molecule has 0 spiro atoms. The number of hydrogen-bond donors (Lipinski definition) is 1. The summed E-state index contributed by atoms with van der Waals surface area (Å²) in [5, 5.41) is 6.18. The third-order valence-corrected chi connectivity index (χ3v) is 3.27. The molecule has 0 saturated heterocycles. The summed E-state index contributed by atoms with van der Waals surface area (Å²) in [5.41, 5.74) is 9.56. The van der Waals surface area contributed by atoms with E-state index in [-0.39, 0.29) is 12.3 Å². The molecule has 23 heavy (non-hydrogen) atoms. The van der Waals surface area contributed by atoms with E-state index in [1.54, 1.807) is 0 Å². The van der Waals surface area contributed by atoms with Gasteiger partial charge in [-0.15, -0.1) is 0 Å². The molecule has 1 N–H and O–H groups in total. The summed E-state index contributed by atoms with van der Waals surface area (Å²) < 4.78 is 4.72. The van der Waals surface area contributed by atoms with Crippen molar-refractivity contribution in [1.82, 2.24) is 5.32 Å². The van der Waals surface area contributed by atoms with Gasteiger partial charge in [-0.1, -0.05) is 49.3 Å². The number of azide groups is 1. The summed E-state index contributed by atoms with van der Waals surface area (Å²) in [7, 11) is 1.27. The molecule has 0 heterocycles. The van der Waals surface area contributed by atoms with E-state index in [2.05, 4.69) is 15.3 Å². The highest BCUT2D eigenvalue weighted by Gasteiger charge is 2.26. The van der Waals surface area contributed by atoms with E-state index in [1.807, 2.05) is 44.2 Å². The zero-order chi connectivity index (χ0) is 17.2. The number of rotatable bonds is 8. The summed E-state index contributed by atoms with van der Waals surface area (Å²) in [6.45, 7) is 3.88. The van der Waals surface area contributed by atoms with Crippen LogP contribution < -0.4 is 5.32 Å². The maximum atomic E-state index is 12.4. The molecular formula is C16H22N4O3. The zero-order valence-electron chi connectivity index (χ0n) is 13.6. The molecule has 0 aliphatic rings. The molecule has 0 unspecified atom stereocenters. The Hall–Kier alpha value is -2.53. The number of methoxy groups -OCH3 is 1. The normalized spacial score (nSPS) is 12.9. The van der Waals surface area contributed by atoms with E-state index in [4.69, 9.17) is 10.3 Å². The van der Waals surface area contributed by atoms with Crippen LogP contribution in [0.15, 0.2) is 35.4 Å². The second-order valence-electron chi connectivity index (χ2n) is 5.62. The van der Waals surface area contributed by atoms with Gasteiger partial charge in [-0.2, -0.15) is 0 Å². The SMILES string of the molecule is COC(=O)[C@H](CC(C)C)NC(=O)[C@H](Cc1ccccc1)N=[N+]=[N-]. The third-order valence-electron chi connectivity index (χ3n) is 3.27. The van der Waals surface area contributed by atoms with Gasteiger partial charge in [0.25, 0.3) is 0 Å². The molecule has 1 amide bonds. The first kappa shape index (κ1) is 18.5. The van der Waals surface area contributed by atoms with Crippen LogP contribution in [0.3, 0.4) is 0 Å². The smallest absolute Gasteiger partial charge is 0.328 e. The Morgan fingerprint density at radius 1 is 1.30 bits per heavy atom. The molecule has 0 aromatic heterocycles. The van der Waals surface area contributed by atoms with Crippen molar-refractivity contribution < 1.29 is 14.3 Å². The molecule has 0 saturated carbocycles. The Labute approximate surface area is 135 Å². The van der Waals surface area contributed by atoms with Crippen LogP contribution >= 0.6 is 0 Å². The summed E-state index contributed by atoms with van der Waals surface area (Å²) in [6.07, 6.45) is 0.721. The van der Waals surface area contributed by atoms with Crippen molar-refractivity contribution >= 4 is 11.9 Å². The van der Waals surface area contributed by atoms with Crippen LogP contribution in [0.2, 0.25) is 0 Å². The van der Waals surface area contributed by atoms with Gasteiger partial charge in [-0.3, -0.25) is 4.79 Å². The lowest BCUT2D eigenvalue weighted by molar-refractivity contribution is -0.145. The van der Waals surface area contributed by atoms with Crippen molar-refractivity contribution in [3.63, 3.8) is 0 Å². The van der Waals surface area contributed by atoms with Crippen molar-refractivity contribution in [3.05, 3.63) is 46.3 Å². The standard InChI is InChI=1S/C16H22N4O3/c1-11(2)9-14(16(22)23-3)18-15(21)13(19-20-17)10-12-7-5-4-6-8-12/h4-8,11,13-14H,9-10H2,1-3H3,(H,18,21)/t13-,14-/m0/s1. The minimum absolute atomic E-state index is 0.200. The molecule has 1 aromatic carbocycles. The molecule has 7 nitrogen and oxygen atoms in total. The summed E-state index contributed by atoms with van der Waals surface area (Å²) >= 11 is 0. The number of hydrogen-bond acceptors (Lipinski definition) is 4. The van der Waals surface area contributed by atoms with Gasteiger partial charge in [0.2, 0.25) is 5.91 Å². The highest BCUT2D eigenvalue weighted by Crippen LogP contribution is 2.10. The van der Waals surface area contributed by atoms with Gasteiger partial charge in [0.15, 0.2) is 0 Å². The molecule has 0 bridgehead atoms. The van der Waals surface area contributed by atoms with Crippen molar-refractivity contribution in [3.8, 4) is 0 Å². The second kappa shape index (κ2) is 9.48. The predicted octanol–water partition coefficient (Wildman–Crippen LogP) is 2.61. The number of benzene rings is 1. The Morgan fingerprint density at radius 2 is 1.96 bits per heavy atom. The van der Waals surface area contributed by atoms with Crippen molar-refractivity contribution in [1.29, 1.82) is 0 Å². The fourth-order valence-corrected chi connectivity index (χ4v) is 2.18. The van der Waals surface area contributed by atoms with Crippen LogP contribution in [0.25, 0.3) is 10.4 Å². The molecule has 0 radical (unpaired) electrons. The molecule has 1 rings (SSSR count). The van der Waals surface area contributed by atoms with Gasteiger partial charge in [-0.05, 0) is 29.9 Å². The van der Waals surface area contributed by atoms with E-state index in [0.717, 1.165) is 5.56 Å². The van der Waals surface area contributed by atoms with Gasteiger partial charge in [0, 0.05) is 4.91 Å². The quantitative estimate of drug-likeness (QED) is 0.345. The maximum Gasteiger partial charge on any atom is 0.328 e. The third kappa shape index (κ3) is 6.40. The lowest BCUT2D eigenvalue weighted by Gasteiger charge is -2.20. The number of amides is 1. The van der Waals surface area contributed by atoms with Crippen LogP contribution in [0.1, 0.15) is 25.8 Å². The van der Waals surface area contributed by atoms with Gasteiger partial charge in [0.05, 0.1) is 7.11 Å². The van der Waals surface area contributed by atoms with Crippen molar-refractivity contribution in [2.75, 3.05) is 7.11 Å². The molecule has 124 valence electrons. The summed E-state index contributed by atoms with van der Waals surface area (Å²) in [4.78, 5) is 26.9. The molecular weight excluding hydrogens is 296 g/mol. The average molecular weight is 318 g/mol. The minimum Gasteiger partial charge on any atom is -0.467 e. The molecule has 0 aliphatic heterocycles. The largest absolute Gasteiger partial charge is 0.467 e. The molecule has 0 aliphatic carbocycles. The monoisotopic (exact) mass is 318 g/mol. The minimum atomic E-state index is -0.915. The van der Waals surface area contributed by atoms with E-state index >= 15 is 0 Å². The molecule has 0 fully saturated rings. The van der Waals surface area contributed by atoms with Crippen LogP contribution in [0, 0.1) is 5.92 Å². The van der Waals surface area contributed by atoms with Crippen LogP contribution in [-0.4, -0.2) is 31.1 Å². The van der Waals surface area contributed by atoms with Crippen molar-refractivity contribution in [2.45, 2.75) is 38.8 Å². The number of nitrogens with one attached hydrogen (secondary N) is 1. The predicted molar refractivity (Wildman–Crippen MR) is 86.5 cm³/mol. The first-order valence-electron chi connectivity index (χ1n) is 7.44. The zero-order valence-corrected chi connectivity index (χ0v) is 13.6. The molecule has 7 heteroatoms. The van der Waals surface area contributed by atoms with Crippen LogP contribution in [-0.2, 0) is 20.7 Å². The Balaban J connectivity index is 2.83. The number of carbonyl (C=O) groups excluding carboxylic acids is 2. The van der Waals surface area contributed by atoms with Crippen LogP contribution in [0.4, 0.5) is 0 Å². The number of carbonyl (C=O) groups is 2. The average Bonchev–Trinajstić information content (AvgIpc) is 2.53. The lowest BCUT2D eigenvalue weighted by atomic mass is 10.0. The Bertz CT molecular complexity index is 568. The number of nitrogens with zero attached hydrogens (tertiary/aromatic N) is 3. The molecule has 1 aromatic rings. The molecule has 2 atom stereocenters. The summed E-state index contributed by atoms with van der Waals surface area (Å²) in [5.74, 6) is -0.791. The van der Waals surface area contributed by atoms with Gasteiger partial charge >= 0.3 is 5.97 Å². The maximum absolute atomic E-state index is 12.4. The highest BCUT2D eigenvalue weighted by molar-refractivity contribution is 5.87. The number of ether oxygens (including phenoxy) is 1. The van der Waals surface area contributed by atoms with E-state index in [9.17, 15) is 9.59 Å². The van der Waals surface area contributed by atoms with Gasteiger partial charge in [-0.25, -0.2) is 4.79 Å². The van der Waals surface area contributed by atoms with Crippen LogP contribution in [0.5, 0.6) is 0 Å². The second-order valence-corrected chi connectivity index (χ2v) is 5.62. The van der Waals surface area contributed by atoms with E-state index in [1.165, 1.54) is 7.11 Å². The van der Waals surface area contributed by atoms with Gasteiger partial charge in [0.1, 0.15) is 12.1 Å². The summed E-state index contributed by atoms with van der Waals surface area (Å²) in [6, 6.07) is 7.58. The first-order valence-corrected chi connectivity index (χ1v) is 7.44. The van der Waals surface area contributed by atoms with Crippen molar-refractivity contribution in [2.24, 2.45) is 11.0 Å². The highest BCUT2D eigenvalue weighted by atomic mass is 16.5. The Kier molecular flexibility index (Phi) is 7.63. The fourth-order valence-electron chi connectivity index (χ4n) is 2.18.